The largest absolute Gasteiger partial charge is 0.462 e. The number of hydrogen-bond donors (Lipinski definition) is 0. The van der Waals surface area contributed by atoms with E-state index >= 15 is 0 Å². The predicted molar refractivity (Wildman–Crippen MR) is 76.8 cm³/mol. The zero-order valence-corrected chi connectivity index (χ0v) is 12.2. The molecule has 3 heteroatoms. The fourth-order valence-corrected chi connectivity index (χ4v) is 1.62. The van der Waals surface area contributed by atoms with Gasteiger partial charge < -0.3 is 9.22 Å². The Morgan fingerprint density at radius 3 is 2.37 bits per heavy atom. The van der Waals surface area contributed by atoms with Gasteiger partial charge in [-0.15, -0.1) is 5.92 Å². The summed E-state index contributed by atoms with van der Waals surface area (Å²) in [5, 5.41) is 0. The molecule has 0 aliphatic rings. The summed E-state index contributed by atoms with van der Waals surface area (Å²) in [5.74, 6) is 5.49. The molecule has 0 radical (unpaired) electrons. The highest BCUT2D eigenvalue weighted by atomic mass is 16.5. The van der Waals surface area contributed by atoms with E-state index in [1.807, 2.05) is 12.1 Å². The molecular formula is C16H22NO2+. The zero-order chi connectivity index (χ0) is 14.3. The molecule has 0 aromatic heterocycles. The molecule has 0 aliphatic heterocycles. The summed E-state index contributed by atoms with van der Waals surface area (Å²) in [6, 6.07) is 7.17. The number of quaternary nitrogens is 1. The Morgan fingerprint density at radius 1 is 1.21 bits per heavy atom. The Labute approximate surface area is 115 Å². The van der Waals surface area contributed by atoms with Crippen LogP contribution in [0.2, 0.25) is 0 Å². The van der Waals surface area contributed by atoms with Crippen molar-refractivity contribution < 1.29 is 14.0 Å². The van der Waals surface area contributed by atoms with Crippen LogP contribution in [0.1, 0.15) is 29.3 Å². The molecule has 0 bridgehead atoms. The number of carbonyl (C=O) groups is 1. The number of hydrogen-bond acceptors (Lipinski definition) is 2. The third kappa shape index (κ3) is 6.08. The summed E-state index contributed by atoms with van der Waals surface area (Å²) in [4.78, 5) is 11.8. The normalized spacial score (nSPS) is 10.5. The SMILES string of the molecule is CC#Cc1ccc(C(=O)OCCC[N+](C)(C)C)cc1. The fourth-order valence-electron chi connectivity index (χ4n) is 1.62. The van der Waals surface area contributed by atoms with E-state index in [9.17, 15) is 4.79 Å². The van der Waals surface area contributed by atoms with E-state index in [1.54, 1.807) is 19.1 Å². The van der Waals surface area contributed by atoms with Crippen molar-refractivity contribution in [2.75, 3.05) is 34.3 Å². The van der Waals surface area contributed by atoms with E-state index in [0.717, 1.165) is 23.0 Å². The topological polar surface area (TPSA) is 26.3 Å². The molecule has 0 amide bonds. The quantitative estimate of drug-likeness (QED) is 0.351. The average molecular weight is 260 g/mol. The molecule has 102 valence electrons. The maximum Gasteiger partial charge on any atom is 0.338 e. The number of nitrogens with zero attached hydrogens (tertiary/aromatic N) is 1. The Hall–Kier alpha value is -1.79. The summed E-state index contributed by atoms with van der Waals surface area (Å²) in [5.41, 5.74) is 1.48. The van der Waals surface area contributed by atoms with Crippen LogP contribution in [0.25, 0.3) is 0 Å². The standard InChI is InChI=1S/C16H22NO2/c1-5-7-14-8-10-15(11-9-14)16(18)19-13-6-12-17(2,3)4/h8-11H,6,12-13H2,1-4H3/q+1. The van der Waals surface area contributed by atoms with Crippen molar-refractivity contribution in [1.29, 1.82) is 0 Å². The van der Waals surface area contributed by atoms with Crippen LogP contribution in [0.5, 0.6) is 0 Å². The van der Waals surface area contributed by atoms with Gasteiger partial charge in [-0.25, -0.2) is 4.79 Å². The molecule has 0 saturated carbocycles. The summed E-state index contributed by atoms with van der Waals surface area (Å²) in [7, 11) is 6.36. The van der Waals surface area contributed by atoms with Gasteiger partial charge in [-0.1, -0.05) is 5.92 Å². The van der Waals surface area contributed by atoms with Crippen molar-refractivity contribution in [2.24, 2.45) is 0 Å². The third-order valence-corrected chi connectivity index (χ3v) is 2.60. The highest BCUT2D eigenvalue weighted by Gasteiger charge is 2.09. The smallest absolute Gasteiger partial charge is 0.338 e. The number of benzene rings is 1. The lowest BCUT2D eigenvalue weighted by Gasteiger charge is -2.23. The Morgan fingerprint density at radius 2 is 1.84 bits per heavy atom. The molecule has 3 nitrogen and oxygen atoms in total. The highest BCUT2D eigenvalue weighted by Crippen LogP contribution is 2.05. The Kier molecular flexibility index (Phi) is 5.59. The molecule has 19 heavy (non-hydrogen) atoms. The molecule has 1 aromatic carbocycles. The lowest BCUT2D eigenvalue weighted by atomic mass is 10.1. The number of carbonyl (C=O) groups excluding carboxylic acids is 1. The molecule has 0 saturated heterocycles. The lowest BCUT2D eigenvalue weighted by Crippen LogP contribution is -2.35. The minimum atomic E-state index is -0.266. The van der Waals surface area contributed by atoms with Crippen LogP contribution < -0.4 is 0 Å². The molecule has 0 N–H and O–H groups in total. The van der Waals surface area contributed by atoms with Gasteiger partial charge in [0.25, 0.3) is 0 Å². The van der Waals surface area contributed by atoms with Gasteiger partial charge in [-0.05, 0) is 31.2 Å². The summed E-state index contributed by atoms with van der Waals surface area (Å²) < 4.78 is 6.12. The Bertz CT molecular complexity index is 472. The molecule has 0 atom stereocenters. The van der Waals surface area contributed by atoms with Crippen molar-refractivity contribution in [1.82, 2.24) is 0 Å². The second kappa shape index (κ2) is 6.96. The number of ether oxygens (including phenoxy) is 1. The number of rotatable bonds is 5. The highest BCUT2D eigenvalue weighted by molar-refractivity contribution is 5.89. The first-order valence-electron chi connectivity index (χ1n) is 6.43. The molecule has 0 heterocycles. The van der Waals surface area contributed by atoms with E-state index in [-0.39, 0.29) is 5.97 Å². The van der Waals surface area contributed by atoms with Crippen LogP contribution in [0.4, 0.5) is 0 Å². The summed E-state index contributed by atoms with van der Waals surface area (Å²) >= 11 is 0. The van der Waals surface area contributed by atoms with Gasteiger partial charge in [0.05, 0.1) is 39.9 Å². The molecule has 0 aliphatic carbocycles. The van der Waals surface area contributed by atoms with Crippen LogP contribution >= 0.6 is 0 Å². The number of esters is 1. The lowest BCUT2D eigenvalue weighted by molar-refractivity contribution is -0.870. The van der Waals surface area contributed by atoms with E-state index in [0.29, 0.717) is 12.2 Å². The van der Waals surface area contributed by atoms with Crippen molar-refractivity contribution >= 4 is 5.97 Å². The fraction of sp³-hybridized carbons (Fsp3) is 0.438. The first-order chi connectivity index (χ1) is 8.92. The van der Waals surface area contributed by atoms with E-state index in [2.05, 4.69) is 33.0 Å². The van der Waals surface area contributed by atoms with Gasteiger partial charge in [0.15, 0.2) is 0 Å². The van der Waals surface area contributed by atoms with E-state index < -0.39 is 0 Å². The second-order valence-electron chi connectivity index (χ2n) is 5.46. The minimum absolute atomic E-state index is 0.266. The van der Waals surface area contributed by atoms with Crippen LogP contribution in [0, 0.1) is 11.8 Å². The zero-order valence-electron chi connectivity index (χ0n) is 12.2. The maximum absolute atomic E-state index is 11.8. The Balaban J connectivity index is 2.43. The molecular weight excluding hydrogens is 238 g/mol. The predicted octanol–water partition coefficient (Wildman–Crippen LogP) is 2.31. The van der Waals surface area contributed by atoms with Crippen molar-refractivity contribution in [3.8, 4) is 11.8 Å². The monoisotopic (exact) mass is 260 g/mol. The van der Waals surface area contributed by atoms with E-state index in [1.165, 1.54) is 0 Å². The van der Waals surface area contributed by atoms with Gasteiger partial charge in [-0.3, -0.25) is 0 Å². The van der Waals surface area contributed by atoms with Crippen molar-refractivity contribution in [2.45, 2.75) is 13.3 Å². The van der Waals surface area contributed by atoms with E-state index in [4.69, 9.17) is 4.74 Å². The first-order valence-corrected chi connectivity index (χ1v) is 6.43. The summed E-state index contributed by atoms with van der Waals surface area (Å²) in [6.07, 6.45) is 0.870. The van der Waals surface area contributed by atoms with Gasteiger partial charge in [0, 0.05) is 12.0 Å². The minimum Gasteiger partial charge on any atom is -0.462 e. The molecule has 0 fully saturated rings. The van der Waals surface area contributed by atoms with Gasteiger partial charge in [0.2, 0.25) is 0 Å². The second-order valence-corrected chi connectivity index (χ2v) is 5.46. The van der Waals surface area contributed by atoms with Crippen LogP contribution in [-0.2, 0) is 4.74 Å². The first kappa shape index (κ1) is 15.3. The molecule has 1 aromatic rings. The van der Waals surface area contributed by atoms with Gasteiger partial charge in [0.1, 0.15) is 0 Å². The third-order valence-electron chi connectivity index (χ3n) is 2.60. The molecule has 1 rings (SSSR count). The van der Waals surface area contributed by atoms with Crippen molar-refractivity contribution in [3.05, 3.63) is 35.4 Å². The molecule has 0 spiro atoms. The molecule has 0 unspecified atom stereocenters. The van der Waals surface area contributed by atoms with Crippen molar-refractivity contribution in [3.63, 3.8) is 0 Å². The van der Waals surface area contributed by atoms with Gasteiger partial charge in [-0.2, -0.15) is 0 Å². The average Bonchev–Trinajstić information content (AvgIpc) is 2.34. The maximum atomic E-state index is 11.8. The van der Waals surface area contributed by atoms with Crippen LogP contribution in [0.3, 0.4) is 0 Å². The summed E-state index contributed by atoms with van der Waals surface area (Å²) in [6.45, 7) is 3.24. The van der Waals surface area contributed by atoms with Crippen LogP contribution in [-0.4, -0.2) is 44.7 Å². The van der Waals surface area contributed by atoms with Gasteiger partial charge >= 0.3 is 5.97 Å². The van der Waals surface area contributed by atoms with Crippen LogP contribution in [0.15, 0.2) is 24.3 Å².